The summed E-state index contributed by atoms with van der Waals surface area (Å²) in [5, 5.41) is 2.73. The predicted molar refractivity (Wildman–Crippen MR) is 132 cm³/mol. The highest BCUT2D eigenvalue weighted by atomic mass is 19.4. The van der Waals surface area contributed by atoms with Crippen molar-refractivity contribution in [2.24, 2.45) is 0 Å². The third-order valence-corrected chi connectivity index (χ3v) is 5.80. The minimum atomic E-state index is -4.56. The number of ether oxygens (including phenoxy) is 2. The van der Waals surface area contributed by atoms with E-state index in [0.717, 1.165) is 6.07 Å². The minimum absolute atomic E-state index is 0.00518. The van der Waals surface area contributed by atoms with Gasteiger partial charge in [0.05, 0.1) is 16.8 Å². The molecular weight excluding hydrogens is 507 g/mol. The van der Waals surface area contributed by atoms with Gasteiger partial charge in [-0.15, -0.1) is 0 Å². The van der Waals surface area contributed by atoms with Gasteiger partial charge in [0, 0.05) is 28.7 Å². The van der Waals surface area contributed by atoms with Crippen molar-refractivity contribution >= 4 is 11.6 Å². The number of carbonyl (C=O) groups excluding carboxylic acids is 1. The Kier molecular flexibility index (Phi) is 7.70. The van der Waals surface area contributed by atoms with Gasteiger partial charge >= 0.3 is 12.8 Å². The van der Waals surface area contributed by atoms with E-state index in [9.17, 15) is 26.7 Å². The second-order valence-electron chi connectivity index (χ2n) is 8.39. The molecule has 0 atom stereocenters. The highest BCUT2D eigenvalue weighted by molar-refractivity contribution is 6.05. The Morgan fingerprint density at radius 1 is 0.947 bits per heavy atom. The van der Waals surface area contributed by atoms with Crippen molar-refractivity contribution in [3.63, 3.8) is 0 Å². The first-order valence-electron chi connectivity index (χ1n) is 11.5. The fraction of sp³-hybridized carbons (Fsp3) is 0.179. The Morgan fingerprint density at radius 3 is 2.39 bits per heavy atom. The van der Waals surface area contributed by atoms with Crippen LogP contribution in [0.15, 0.2) is 78.9 Å². The zero-order chi connectivity index (χ0) is 27.4. The van der Waals surface area contributed by atoms with Gasteiger partial charge < -0.3 is 19.4 Å². The molecule has 3 aromatic carbocycles. The molecule has 10 heteroatoms. The van der Waals surface area contributed by atoms with Crippen LogP contribution in [0, 0.1) is 13.8 Å². The Balaban J connectivity index is 1.52. The van der Waals surface area contributed by atoms with Crippen LogP contribution in [-0.2, 0) is 12.8 Å². The van der Waals surface area contributed by atoms with E-state index in [-0.39, 0.29) is 23.6 Å². The van der Waals surface area contributed by atoms with E-state index in [1.807, 2.05) is 0 Å². The van der Waals surface area contributed by atoms with E-state index in [0.29, 0.717) is 28.4 Å². The van der Waals surface area contributed by atoms with Gasteiger partial charge in [0.25, 0.3) is 5.91 Å². The molecule has 0 unspecified atom stereocenters. The van der Waals surface area contributed by atoms with Crippen LogP contribution in [0.25, 0.3) is 5.69 Å². The number of halogens is 5. The smallest absolute Gasteiger partial charge is 0.418 e. The van der Waals surface area contributed by atoms with Crippen LogP contribution in [0.5, 0.6) is 11.5 Å². The zero-order valence-electron chi connectivity index (χ0n) is 20.4. The van der Waals surface area contributed by atoms with Crippen LogP contribution in [0.3, 0.4) is 0 Å². The number of aromatic nitrogens is 1. The lowest BCUT2D eigenvalue weighted by Crippen LogP contribution is -2.15. The summed E-state index contributed by atoms with van der Waals surface area (Å²) >= 11 is 0. The largest absolute Gasteiger partial charge is 0.489 e. The van der Waals surface area contributed by atoms with Gasteiger partial charge in [0.15, 0.2) is 0 Å². The molecule has 0 radical (unpaired) electrons. The summed E-state index contributed by atoms with van der Waals surface area (Å²) in [4.78, 5) is 13.1. The Bertz CT molecular complexity index is 1450. The molecule has 198 valence electrons. The zero-order valence-corrected chi connectivity index (χ0v) is 20.4. The van der Waals surface area contributed by atoms with Gasteiger partial charge in [-0.2, -0.15) is 22.0 Å². The number of nitrogens with one attached hydrogen (secondary N) is 1. The average molecular weight is 530 g/mol. The van der Waals surface area contributed by atoms with Crippen LogP contribution in [0.4, 0.5) is 27.6 Å². The maximum Gasteiger partial charge on any atom is 0.418 e. The molecule has 1 N–H and O–H groups in total. The van der Waals surface area contributed by atoms with Crippen molar-refractivity contribution < 1.29 is 36.2 Å². The maximum atomic E-state index is 13.6. The van der Waals surface area contributed by atoms with E-state index in [2.05, 4.69) is 10.1 Å². The highest BCUT2D eigenvalue weighted by Crippen LogP contribution is 2.35. The quantitative estimate of drug-likeness (QED) is 0.240. The van der Waals surface area contributed by atoms with Crippen molar-refractivity contribution in [3.05, 3.63) is 107 Å². The number of amides is 1. The number of benzene rings is 3. The summed E-state index contributed by atoms with van der Waals surface area (Å²) in [5.74, 6) is -0.157. The predicted octanol–water partition coefficient (Wildman–Crippen LogP) is 7.55. The summed E-state index contributed by atoms with van der Waals surface area (Å²) in [6.07, 6.45) is -4.56. The Hall–Kier alpha value is -4.34. The molecule has 0 aliphatic carbocycles. The van der Waals surface area contributed by atoms with Crippen LogP contribution < -0.4 is 14.8 Å². The van der Waals surface area contributed by atoms with Gasteiger partial charge in [-0.25, -0.2) is 0 Å². The third-order valence-electron chi connectivity index (χ3n) is 5.80. The molecule has 38 heavy (non-hydrogen) atoms. The SMILES string of the molecule is Cc1cc(C(=O)Nc2cccc(OCc3ccccc3OC(F)F)c2)c(C)n1-c1ccccc1C(F)(F)F. The highest BCUT2D eigenvalue weighted by Gasteiger charge is 2.34. The second-order valence-corrected chi connectivity index (χ2v) is 8.39. The van der Waals surface area contributed by atoms with E-state index < -0.39 is 24.3 Å². The normalized spacial score (nSPS) is 11.5. The van der Waals surface area contributed by atoms with Crippen molar-refractivity contribution in [1.29, 1.82) is 0 Å². The first-order chi connectivity index (χ1) is 18.0. The summed E-state index contributed by atoms with van der Waals surface area (Å²) in [6, 6.07) is 19.4. The van der Waals surface area contributed by atoms with E-state index >= 15 is 0 Å². The number of alkyl halides is 5. The molecule has 0 saturated heterocycles. The fourth-order valence-corrected chi connectivity index (χ4v) is 4.13. The average Bonchev–Trinajstić information content (AvgIpc) is 3.16. The maximum absolute atomic E-state index is 13.6. The van der Waals surface area contributed by atoms with Crippen LogP contribution in [-0.4, -0.2) is 17.1 Å². The van der Waals surface area contributed by atoms with Crippen molar-refractivity contribution in [1.82, 2.24) is 4.57 Å². The standard InChI is InChI=1S/C28H23F5N2O3/c1-17-14-22(18(2)35(17)24-12-5-4-11-23(24)28(31,32)33)26(36)34-20-9-7-10-21(15-20)37-16-19-8-3-6-13-25(19)38-27(29)30/h3-15,27H,16H2,1-2H3,(H,34,36). The number of hydrogen-bond donors (Lipinski definition) is 1. The number of hydrogen-bond acceptors (Lipinski definition) is 3. The molecule has 1 heterocycles. The topological polar surface area (TPSA) is 52.5 Å². The lowest BCUT2D eigenvalue weighted by atomic mass is 10.1. The molecule has 0 spiro atoms. The number of rotatable bonds is 8. The molecular formula is C28H23F5N2O3. The lowest BCUT2D eigenvalue weighted by Gasteiger charge is -2.17. The van der Waals surface area contributed by atoms with Gasteiger partial charge in [-0.3, -0.25) is 4.79 Å². The molecule has 0 aliphatic rings. The van der Waals surface area contributed by atoms with Crippen LogP contribution >= 0.6 is 0 Å². The fourth-order valence-electron chi connectivity index (χ4n) is 4.13. The lowest BCUT2D eigenvalue weighted by molar-refractivity contribution is -0.137. The van der Waals surface area contributed by atoms with Gasteiger partial charge in [-0.05, 0) is 50.2 Å². The number of anilines is 1. The minimum Gasteiger partial charge on any atom is -0.489 e. The van der Waals surface area contributed by atoms with Crippen molar-refractivity contribution in [2.75, 3.05) is 5.32 Å². The number of nitrogens with zero attached hydrogens (tertiary/aromatic N) is 1. The molecule has 4 aromatic rings. The molecule has 1 amide bonds. The van der Waals surface area contributed by atoms with Crippen LogP contribution in [0.1, 0.15) is 32.9 Å². The van der Waals surface area contributed by atoms with Gasteiger partial charge in [0.1, 0.15) is 18.1 Å². The third kappa shape index (κ3) is 5.96. The van der Waals surface area contributed by atoms with E-state index in [4.69, 9.17) is 4.74 Å². The Labute approximate surface area is 215 Å². The molecule has 0 bridgehead atoms. The first kappa shape index (κ1) is 26.7. The van der Waals surface area contributed by atoms with Crippen molar-refractivity contribution in [3.8, 4) is 17.2 Å². The molecule has 0 saturated carbocycles. The molecule has 1 aromatic heterocycles. The first-order valence-corrected chi connectivity index (χ1v) is 11.5. The van der Waals surface area contributed by atoms with Crippen molar-refractivity contribution in [2.45, 2.75) is 33.2 Å². The molecule has 0 fully saturated rings. The van der Waals surface area contributed by atoms with Gasteiger partial charge in [-0.1, -0.05) is 36.4 Å². The summed E-state index contributed by atoms with van der Waals surface area (Å²) < 4.78 is 77.7. The summed E-state index contributed by atoms with van der Waals surface area (Å²) in [7, 11) is 0. The Morgan fingerprint density at radius 2 is 1.66 bits per heavy atom. The summed E-state index contributed by atoms with van der Waals surface area (Å²) in [6.45, 7) is 0.174. The number of para-hydroxylation sites is 2. The molecule has 4 rings (SSSR count). The second kappa shape index (κ2) is 11.0. The summed E-state index contributed by atoms with van der Waals surface area (Å²) in [5.41, 5.74) is 0.938. The van der Waals surface area contributed by atoms with Gasteiger partial charge in [0.2, 0.25) is 0 Å². The van der Waals surface area contributed by atoms with E-state index in [1.54, 1.807) is 56.3 Å². The number of aryl methyl sites for hydroxylation is 1. The van der Waals surface area contributed by atoms with E-state index in [1.165, 1.54) is 34.9 Å². The monoisotopic (exact) mass is 530 g/mol. The van der Waals surface area contributed by atoms with Crippen LogP contribution in [0.2, 0.25) is 0 Å². The number of carbonyl (C=O) groups is 1. The molecule has 5 nitrogen and oxygen atoms in total. The molecule has 0 aliphatic heterocycles.